The van der Waals surface area contributed by atoms with Gasteiger partial charge in [0.15, 0.2) is 0 Å². The first kappa shape index (κ1) is 13.4. The van der Waals surface area contributed by atoms with Crippen molar-refractivity contribution in [3.63, 3.8) is 0 Å². The molecule has 2 aromatic rings. The monoisotopic (exact) mass is 324 g/mol. The molecule has 18 heavy (non-hydrogen) atoms. The minimum atomic E-state index is 0.342. The number of nitrogens with zero attached hydrogens (tertiary/aromatic N) is 1. The quantitative estimate of drug-likeness (QED) is 0.835. The van der Waals surface area contributed by atoms with Crippen LogP contribution in [0.25, 0.3) is 0 Å². The lowest BCUT2D eigenvalue weighted by Crippen LogP contribution is -2.18. The highest BCUT2D eigenvalue weighted by Crippen LogP contribution is 2.15. The Morgan fingerprint density at radius 2 is 1.94 bits per heavy atom. The van der Waals surface area contributed by atoms with E-state index in [1.807, 2.05) is 30.5 Å². The Labute approximate surface area is 121 Å². The number of hydrogen-bond donors (Lipinski definition) is 1. The average molecular weight is 326 g/mol. The lowest BCUT2D eigenvalue weighted by atomic mass is 10.1. The van der Waals surface area contributed by atoms with Gasteiger partial charge in [0.25, 0.3) is 0 Å². The number of pyridine rings is 1. The minimum absolute atomic E-state index is 0.342. The fourth-order valence-electron chi connectivity index (χ4n) is 1.77. The van der Waals surface area contributed by atoms with E-state index in [0.717, 1.165) is 21.7 Å². The maximum absolute atomic E-state index is 5.86. The second-order valence-electron chi connectivity index (χ2n) is 4.25. The lowest BCUT2D eigenvalue weighted by molar-refractivity contribution is 0.789. The molecule has 0 radical (unpaired) electrons. The first-order valence-electron chi connectivity index (χ1n) is 5.76. The summed E-state index contributed by atoms with van der Waals surface area (Å²) < 4.78 is 0.846. The van der Waals surface area contributed by atoms with Gasteiger partial charge in [-0.15, -0.1) is 0 Å². The molecule has 1 atom stereocenters. The normalized spacial score (nSPS) is 12.2. The van der Waals surface area contributed by atoms with E-state index in [9.17, 15) is 0 Å². The molecule has 0 amide bonds. The third kappa shape index (κ3) is 4.00. The second kappa shape index (κ2) is 6.21. The summed E-state index contributed by atoms with van der Waals surface area (Å²) >= 11 is 9.19. The van der Waals surface area contributed by atoms with Gasteiger partial charge in [0, 0.05) is 11.1 Å². The van der Waals surface area contributed by atoms with Crippen LogP contribution in [0, 0.1) is 0 Å². The molecule has 1 aromatic heterocycles. The molecule has 2 nitrogen and oxygen atoms in total. The van der Waals surface area contributed by atoms with Crippen molar-refractivity contribution in [2.24, 2.45) is 0 Å². The summed E-state index contributed by atoms with van der Waals surface area (Å²) in [5.41, 5.74) is 2.30. The van der Waals surface area contributed by atoms with Crippen LogP contribution in [-0.4, -0.2) is 11.0 Å². The van der Waals surface area contributed by atoms with Gasteiger partial charge < -0.3 is 5.32 Å². The van der Waals surface area contributed by atoms with Crippen molar-refractivity contribution in [2.75, 3.05) is 5.32 Å². The van der Waals surface area contributed by atoms with Crippen LogP contribution in [0.4, 0.5) is 5.69 Å². The molecule has 2 rings (SSSR count). The predicted octanol–water partition coefficient (Wildman–Crippen LogP) is 4.54. The highest BCUT2D eigenvalue weighted by molar-refractivity contribution is 9.10. The van der Waals surface area contributed by atoms with E-state index >= 15 is 0 Å². The number of nitrogens with one attached hydrogen (secondary N) is 1. The molecule has 94 valence electrons. The average Bonchev–Trinajstić information content (AvgIpc) is 2.35. The van der Waals surface area contributed by atoms with Gasteiger partial charge in [0.05, 0.1) is 11.9 Å². The molecule has 4 heteroatoms. The van der Waals surface area contributed by atoms with Crippen molar-refractivity contribution in [3.05, 3.63) is 57.8 Å². The number of anilines is 1. The third-order valence-corrected chi connectivity index (χ3v) is 3.32. The number of hydrogen-bond acceptors (Lipinski definition) is 2. The smallest absolute Gasteiger partial charge is 0.106 e. The molecule has 1 N–H and O–H groups in total. The molecular formula is C14H14BrClN2. The molecule has 0 aliphatic heterocycles. The Morgan fingerprint density at radius 3 is 2.56 bits per heavy atom. The molecule has 1 unspecified atom stereocenters. The van der Waals surface area contributed by atoms with Gasteiger partial charge in [-0.25, -0.2) is 4.98 Å². The zero-order chi connectivity index (χ0) is 13.0. The topological polar surface area (TPSA) is 24.9 Å². The summed E-state index contributed by atoms with van der Waals surface area (Å²) in [5, 5.41) is 4.19. The van der Waals surface area contributed by atoms with Gasteiger partial charge in [-0.05, 0) is 59.1 Å². The van der Waals surface area contributed by atoms with Crippen molar-refractivity contribution in [1.29, 1.82) is 0 Å². The van der Waals surface area contributed by atoms with E-state index in [4.69, 9.17) is 11.6 Å². The number of aromatic nitrogens is 1. The van der Waals surface area contributed by atoms with Gasteiger partial charge in [-0.1, -0.05) is 23.7 Å². The summed E-state index contributed by atoms with van der Waals surface area (Å²) in [6.45, 7) is 2.15. The van der Waals surface area contributed by atoms with Gasteiger partial charge in [-0.3, -0.25) is 0 Å². The molecule has 0 aliphatic rings. The highest BCUT2D eigenvalue weighted by Gasteiger charge is 2.04. The van der Waals surface area contributed by atoms with Crippen LogP contribution < -0.4 is 5.32 Å². The molecule has 0 aliphatic carbocycles. The minimum Gasteiger partial charge on any atom is -0.381 e. The third-order valence-electron chi connectivity index (χ3n) is 2.60. The maximum atomic E-state index is 5.86. The molecule has 1 heterocycles. The molecule has 0 fully saturated rings. The van der Waals surface area contributed by atoms with E-state index in [-0.39, 0.29) is 0 Å². The van der Waals surface area contributed by atoms with E-state index in [1.54, 1.807) is 0 Å². The van der Waals surface area contributed by atoms with Gasteiger partial charge in [0.2, 0.25) is 0 Å². The summed E-state index contributed by atoms with van der Waals surface area (Å²) in [5.74, 6) is 0. The SMILES string of the molecule is CC(Cc1ccc(Cl)cc1)Nc1ccc(Br)nc1. The van der Waals surface area contributed by atoms with Gasteiger partial charge in [-0.2, -0.15) is 0 Å². The Morgan fingerprint density at radius 1 is 1.22 bits per heavy atom. The van der Waals surface area contributed by atoms with Crippen molar-refractivity contribution in [2.45, 2.75) is 19.4 Å². The summed E-state index contributed by atoms with van der Waals surface area (Å²) in [6, 6.07) is 12.2. The Hall–Kier alpha value is -1.06. The van der Waals surface area contributed by atoms with E-state index < -0.39 is 0 Å². The van der Waals surface area contributed by atoms with Crippen LogP contribution in [0.5, 0.6) is 0 Å². The zero-order valence-electron chi connectivity index (χ0n) is 10.0. The predicted molar refractivity (Wildman–Crippen MR) is 80.2 cm³/mol. The van der Waals surface area contributed by atoms with Gasteiger partial charge >= 0.3 is 0 Å². The van der Waals surface area contributed by atoms with Crippen molar-refractivity contribution >= 4 is 33.2 Å². The lowest BCUT2D eigenvalue weighted by Gasteiger charge is -2.15. The maximum Gasteiger partial charge on any atom is 0.106 e. The molecule has 0 bridgehead atoms. The first-order chi connectivity index (χ1) is 8.63. The summed E-state index contributed by atoms with van der Waals surface area (Å²) in [7, 11) is 0. The second-order valence-corrected chi connectivity index (χ2v) is 5.49. The van der Waals surface area contributed by atoms with Crippen LogP contribution in [0.3, 0.4) is 0 Å². The van der Waals surface area contributed by atoms with E-state index in [1.165, 1.54) is 5.56 Å². The first-order valence-corrected chi connectivity index (χ1v) is 6.93. The van der Waals surface area contributed by atoms with Crippen LogP contribution in [0.1, 0.15) is 12.5 Å². The van der Waals surface area contributed by atoms with Crippen molar-refractivity contribution in [1.82, 2.24) is 4.98 Å². The van der Waals surface area contributed by atoms with E-state index in [2.05, 4.69) is 45.3 Å². The summed E-state index contributed by atoms with van der Waals surface area (Å²) in [4.78, 5) is 4.19. The summed E-state index contributed by atoms with van der Waals surface area (Å²) in [6.07, 6.45) is 2.77. The van der Waals surface area contributed by atoms with Crippen LogP contribution in [-0.2, 0) is 6.42 Å². The Balaban J connectivity index is 1.94. The molecule has 0 spiro atoms. The fraction of sp³-hybridized carbons (Fsp3) is 0.214. The standard InChI is InChI=1S/C14H14BrClN2/c1-10(8-11-2-4-12(16)5-3-11)18-13-6-7-14(15)17-9-13/h2-7,9-10,18H,8H2,1H3. The number of halogens is 2. The van der Waals surface area contributed by atoms with Crippen LogP contribution >= 0.6 is 27.5 Å². The molecule has 1 aromatic carbocycles. The molecular weight excluding hydrogens is 312 g/mol. The Kier molecular flexibility index (Phi) is 4.61. The Bertz CT molecular complexity index is 449. The van der Waals surface area contributed by atoms with Gasteiger partial charge in [0.1, 0.15) is 4.60 Å². The van der Waals surface area contributed by atoms with Crippen molar-refractivity contribution in [3.8, 4) is 0 Å². The van der Waals surface area contributed by atoms with Crippen LogP contribution in [0.2, 0.25) is 5.02 Å². The molecule has 0 saturated carbocycles. The van der Waals surface area contributed by atoms with Crippen molar-refractivity contribution < 1.29 is 0 Å². The zero-order valence-corrected chi connectivity index (χ0v) is 12.4. The number of benzene rings is 1. The largest absolute Gasteiger partial charge is 0.381 e. The number of rotatable bonds is 4. The molecule has 0 saturated heterocycles. The van der Waals surface area contributed by atoms with E-state index in [0.29, 0.717) is 6.04 Å². The fourth-order valence-corrected chi connectivity index (χ4v) is 2.13. The highest BCUT2D eigenvalue weighted by atomic mass is 79.9. The van der Waals surface area contributed by atoms with Crippen LogP contribution in [0.15, 0.2) is 47.2 Å².